The van der Waals surface area contributed by atoms with Gasteiger partial charge in [0.1, 0.15) is 0 Å². The summed E-state index contributed by atoms with van der Waals surface area (Å²) in [4.78, 5) is 0.153. The highest BCUT2D eigenvalue weighted by atomic mass is 35.5. The van der Waals surface area contributed by atoms with Gasteiger partial charge >= 0.3 is 0 Å². The lowest BCUT2D eigenvalue weighted by molar-refractivity contribution is 0.128. The molecule has 1 aromatic rings. The summed E-state index contributed by atoms with van der Waals surface area (Å²) in [5.74, 6) is 0. The second kappa shape index (κ2) is 6.28. The molecular weight excluding hydrogens is 272 g/mol. The molecule has 98 valence electrons. The van der Waals surface area contributed by atoms with Crippen molar-refractivity contribution in [3.05, 3.63) is 29.8 Å². The monoisotopic (exact) mass is 285 g/mol. The van der Waals surface area contributed by atoms with Gasteiger partial charge in [0.15, 0.2) is 9.84 Å². The van der Waals surface area contributed by atoms with Crippen LogP contribution in [0, 0.1) is 0 Å². The number of hydrogen-bond donors (Lipinski definition) is 1. The fraction of sp³-hybridized carbons (Fsp3) is 0.400. The van der Waals surface area contributed by atoms with Crippen LogP contribution in [-0.2, 0) is 9.84 Å². The molecule has 0 radical (unpaired) electrons. The highest BCUT2D eigenvalue weighted by Gasteiger charge is 2.14. The third-order valence-corrected chi connectivity index (χ3v) is 3.30. The van der Waals surface area contributed by atoms with E-state index in [4.69, 9.17) is 5.73 Å². The molecule has 1 rings (SSSR count). The molecule has 0 saturated carbocycles. The molecule has 0 saturated heterocycles. The number of sulfone groups is 1. The minimum absolute atomic E-state index is 0. The zero-order valence-electron chi connectivity index (χ0n) is 9.14. The maximum Gasteiger partial charge on any atom is 0.240 e. The summed E-state index contributed by atoms with van der Waals surface area (Å²) < 4.78 is 46.4. The van der Waals surface area contributed by atoms with E-state index in [1.165, 1.54) is 24.3 Å². The first-order valence-electron chi connectivity index (χ1n) is 4.64. The van der Waals surface area contributed by atoms with E-state index in [0.29, 0.717) is 5.56 Å². The Labute approximate surface area is 105 Å². The third-order valence-electron chi connectivity index (χ3n) is 2.17. The molecule has 17 heavy (non-hydrogen) atoms. The average Bonchev–Trinajstić information content (AvgIpc) is 2.15. The van der Waals surface area contributed by atoms with Gasteiger partial charge in [0.2, 0.25) is 6.43 Å². The van der Waals surface area contributed by atoms with Crippen molar-refractivity contribution < 1.29 is 17.2 Å². The number of rotatable bonds is 4. The number of benzene rings is 1. The van der Waals surface area contributed by atoms with E-state index in [1.807, 2.05) is 0 Å². The summed E-state index contributed by atoms with van der Waals surface area (Å²) in [7, 11) is -3.26. The summed E-state index contributed by atoms with van der Waals surface area (Å²) in [5, 5.41) is 0. The molecule has 1 atom stereocenters. The van der Waals surface area contributed by atoms with Gasteiger partial charge in [0, 0.05) is 18.7 Å². The van der Waals surface area contributed by atoms with Crippen LogP contribution in [0.4, 0.5) is 8.78 Å². The van der Waals surface area contributed by atoms with E-state index in [9.17, 15) is 17.2 Å². The molecule has 3 nitrogen and oxygen atoms in total. The molecule has 0 aromatic heterocycles. The van der Waals surface area contributed by atoms with Crippen LogP contribution in [0.2, 0.25) is 0 Å². The highest BCUT2D eigenvalue weighted by molar-refractivity contribution is 7.90. The lowest BCUT2D eigenvalue weighted by atomic mass is 10.1. The first-order valence-corrected chi connectivity index (χ1v) is 6.53. The molecule has 1 aromatic carbocycles. The van der Waals surface area contributed by atoms with Crippen molar-refractivity contribution in [2.24, 2.45) is 5.73 Å². The van der Waals surface area contributed by atoms with Crippen molar-refractivity contribution in [1.82, 2.24) is 0 Å². The van der Waals surface area contributed by atoms with Crippen molar-refractivity contribution in [1.29, 1.82) is 0 Å². The van der Waals surface area contributed by atoms with E-state index in [-0.39, 0.29) is 17.3 Å². The Morgan fingerprint density at radius 3 is 2.06 bits per heavy atom. The fourth-order valence-corrected chi connectivity index (χ4v) is 1.92. The molecule has 7 heteroatoms. The third kappa shape index (κ3) is 4.97. The summed E-state index contributed by atoms with van der Waals surface area (Å²) in [5.41, 5.74) is 6.03. The van der Waals surface area contributed by atoms with Gasteiger partial charge in [-0.25, -0.2) is 17.2 Å². The van der Waals surface area contributed by atoms with Gasteiger partial charge in [0.25, 0.3) is 0 Å². The Kier molecular flexibility index (Phi) is 6.01. The summed E-state index contributed by atoms with van der Waals surface area (Å²) in [6, 6.07) is 4.90. The van der Waals surface area contributed by atoms with Gasteiger partial charge in [-0.15, -0.1) is 12.4 Å². The predicted molar refractivity (Wildman–Crippen MR) is 64.3 cm³/mol. The van der Waals surface area contributed by atoms with Crippen LogP contribution < -0.4 is 5.73 Å². The Bertz CT molecular complexity index is 448. The Balaban J connectivity index is 0.00000256. The zero-order chi connectivity index (χ0) is 12.3. The predicted octanol–water partition coefficient (Wildman–Crippen LogP) is 2.17. The first kappa shape index (κ1) is 16.3. The maximum atomic E-state index is 12.1. The molecule has 2 N–H and O–H groups in total. The van der Waals surface area contributed by atoms with Gasteiger partial charge in [0.05, 0.1) is 4.90 Å². The van der Waals surface area contributed by atoms with E-state index >= 15 is 0 Å². The fourth-order valence-electron chi connectivity index (χ4n) is 1.29. The SMILES string of the molecule is CS(=O)(=O)c1ccc([C@H](N)CC(F)F)cc1.Cl. The molecule has 0 aliphatic carbocycles. The van der Waals surface area contributed by atoms with Gasteiger partial charge < -0.3 is 5.73 Å². The molecule has 0 bridgehead atoms. The number of alkyl halides is 2. The molecular formula is C10H14ClF2NO2S. The molecule has 0 heterocycles. The van der Waals surface area contributed by atoms with Crippen LogP contribution >= 0.6 is 12.4 Å². The smallest absolute Gasteiger partial charge is 0.240 e. The standard InChI is InChI=1S/C10H13F2NO2S.ClH/c1-16(14,15)8-4-2-7(3-5-8)9(13)6-10(11)12;/h2-5,9-10H,6,13H2,1H3;1H/t9-;/m1./s1. The largest absolute Gasteiger partial charge is 0.324 e. The van der Waals surface area contributed by atoms with E-state index in [1.54, 1.807) is 0 Å². The van der Waals surface area contributed by atoms with E-state index in [0.717, 1.165) is 6.26 Å². The topological polar surface area (TPSA) is 60.2 Å². The zero-order valence-corrected chi connectivity index (χ0v) is 10.8. The van der Waals surface area contributed by atoms with Gasteiger partial charge in [-0.05, 0) is 17.7 Å². The minimum atomic E-state index is -3.26. The Morgan fingerprint density at radius 2 is 1.71 bits per heavy atom. The van der Waals surface area contributed by atoms with E-state index < -0.39 is 28.7 Å². The number of halogens is 3. The molecule has 0 amide bonds. The van der Waals surface area contributed by atoms with Crippen LogP contribution in [0.1, 0.15) is 18.0 Å². The van der Waals surface area contributed by atoms with Gasteiger partial charge in [-0.2, -0.15) is 0 Å². The summed E-state index contributed by atoms with van der Waals surface area (Å²) in [6.45, 7) is 0. The number of hydrogen-bond acceptors (Lipinski definition) is 3. The summed E-state index contributed by atoms with van der Waals surface area (Å²) in [6.07, 6.45) is -1.82. The Morgan fingerprint density at radius 1 is 1.24 bits per heavy atom. The second-order valence-electron chi connectivity index (χ2n) is 3.57. The molecule has 0 fully saturated rings. The lowest BCUT2D eigenvalue weighted by Gasteiger charge is -2.11. The maximum absolute atomic E-state index is 12.1. The molecule has 0 unspecified atom stereocenters. The quantitative estimate of drug-likeness (QED) is 0.922. The number of nitrogens with two attached hydrogens (primary N) is 1. The van der Waals surface area contributed by atoms with Crippen molar-refractivity contribution in [2.75, 3.05) is 6.26 Å². The van der Waals surface area contributed by atoms with Gasteiger partial charge in [-0.1, -0.05) is 12.1 Å². The normalized spacial score (nSPS) is 13.2. The second-order valence-corrected chi connectivity index (χ2v) is 5.59. The highest BCUT2D eigenvalue weighted by Crippen LogP contribution is 2.19. The van der Waals surface area contributed by atoms with Crippen molar-refractivity contribution in [3.63, 3.8) is 0 Å². The van der Waals surface area contributed by atoms with Crippen molar-refractivity contribution >= 4 is 22.2 Å². The molecule has 0 spiro atoms. The van der Waals surface area contributed by atoms with Gasteiger partial charge in [-0.3, -0.25) is 0 Å². The summed E-state index contributed by atoms with van der Waals surface area (Å²) >= 11 is 0. The van der Waals surface area contributed by atoms with Crippen LogP contribution in [-0.4, -0.2) is 21.1 Å². The van der Waals surface area contributed by atoms with Crippen LogP contribution in [0.25, 0.3) is 0 Å². The lowest BCUT2D eigenvalue weighted by Crippen LogP contribution is -2.14. The average molecular weight is 286 g/mol. The first-order chi connectivity index (χ1) is 7.30. The molecule has 0 aliphatic rings. The van der Waals surface area contributed by atoms with Crippen LogP contribution in [0.15, 0.2) is 29.2 Å². The minimum Gasteiger partial charge on any atom is -0.324 e. The van der Waals surface area contributed by atoms with Crippen molar-refractivity contribution in [2.45, 2.75) is 23.8 Å². The van der Waals surface area contributed by atoms with Crippen molar-refractivity contribution in [3.8, 4) is 0 Å². The molecule has 0 aliphatic heterocycles. The van der Waals surface area contributed by atoms with Crippen LogP contribution in [0.3, 0.4) is 0 Å². The van der Waals surface area contributed by atoms with E-state index in [2.05, 4.69) is 0 Å². The Hall–Kier alpha value is -0.720. The van der Waals surface area contributed by atoms with Crippen LogP contribution in [0.5, 0.6) is 0 Å².